The van der Waals surface area contributed by atoms with E-state index in [1.165, 1.54) is 11.3 Å². The Balaban J connectivity index is 1.66. The van der Waals surface area contributed by atoms with Gasteiger partial charge in [0.25, 0.3) is 5.91 Å². The highest BCUT2D eigenvalue weighted by atomic mass is 32.1. The Bertz CT molecular complexity index is 1060. The molecule has 0 atom stereocenters. The molecule has 6 heteroatoms. The fourth-order valence-electron chi connectivity index (χ4n) is 2.95. The lowest BCUT2D eigenvalue weighted by Crippen LogP contribution is -2.19. The van der Waals surface area contributed by atoms with Gasteiger partial charge in [0.2, 0.25) is 5.91 Å². The van der Waals surface area contributed by atoms with Crippen LogP contribution in [0.4, 0.5) is 10.8 Å². The topological polar surface area (TPSA) is 71.1 Å². The third-order valence-corrected chi connectivity index (χ3v) is 5.59. The molecule has 144 valence electrons. The first-order valence-electron chi connectivity index (χ1n) is 9.42. The Labute approximate surface area is 168 Å². The monoisotopic (exact) mass is 393 g/mol. The molecular formula is C22H23N3O2S. The van der Waals surface area contributed by atoms with Gasteiger partial charge in [-0.05, 0) is 35.7 Å². The van der Waals surface area contributed by atoms with Gasteiger partial charge in [0.05, 0.1) is 16.9 Å². The van der Waals surface area contributed by atoms with Crippen LogP contribution in [0.1, 0.15) is 49.7 Å². The summed E-state index contributed by atoms with van der Waals surface area (Å²) >= 11 is 1.41. The van der Waals surface area contributed by atoms with Gasteiger partial charge in [0, 0.05) is 16.7 Å². The maximum atomic E-state index is 13.0. The maximum absolute atomic E-state index is 13.0. The zero-order valence-electron chi connectivity index (χ0n) is 16.2. The van der Waals surface area contributed by atoms with Crippen LogP contribution in [0.25, 0.3) is 10.8 Å². The van der Waals surface area contributed by atoms with Gasteiger partial charge in [0.15, 0.2) is 5.13 Å². The molecule has 1 heterocycles. The second kappa shape index (κ2) is 7.02. The largest absolute Gasteiger partial charge is 0.325 e. The van der Waals surface area contributed by atoms with Gasteiger partial charge in [-0.1, -0.05) is 45.0 Å². The predicted molar refractivity (Wildman–Crippen MR) is 114 cm³/mol. The molecule has 0 unspecified atom stereocenters. The number of fused-ring (bicyclic) bond motifs is 1. The summed E-state index contributed by atoms with van der Waals surface area (Å²) in [5.41, 5.74) is 1.85. The van der Waals surface area contributed by atoms with Crippen LogP contribution in [0, 0.1) is 5.92 Å². The lowest BCUT2D eigenvalue weighted by Gasteiger charge is -2.14. The van der Waals surface area contributed by atoms with Crippen LogP contribution in [0.5, 0.6) is 0 Å². The lowest BCUT2D eigenvalue weighted by atomic mass is 9.93. The van der Waals surface area contributed by atoms with Crippen molar-refractivity contribution in [2.75, 3.05) is 10.6 Å². The van der Waals surface area contributed by atoms with Crippen LogP contribution in [-0.4, -0.2) is 16.8 Å². The Morgan fingerprint density at radius 3 is 2.36 bits per heavy atom. The molecule has 0 bridgehead atoms. The molecule has 1 fully saturated rings. The van der Waals surface area contributed by atoms with E-state index < -0.39 is 0 Å². The summed E-state index contributed by atoms with van der Waals surface area (Å²) in [6, 6.07) is 11.5. The molecule has 1 saturated carbocycles. The van der Waals surface area contributed by atoms with Gasteiger partial charge in [-0.25, -0.2) is 4.98 Å². The molecule has 0 saturated heterocycles. The summed E-state index contributed by atoms with van der Waals surface area (Å²) in [5, 5.41) is 10.3. The minimum Gasteiger partial charge on any atom is -0.325 e. The van der Waals surface area contributed by atoms with Gasteiger partial charge >= 0.3 is 0 Å². The smallest absolute Gasteiger partial charge is 0.259 e. The van der Waals surface area contributed by atoms with Gasteiger partial charge in [-0.2, -0.15) is 0 Å². The molecule has 2 aromatic carbocycles. The van der Waals surface area contributed by atoms with Gasteiger partial charge in [-0.15, -0.1) is 11.3 Å². The van der Waals surface area contributed by atoms with Crippen molar-refractivity contribution in [3.05, 3.63) is 53.0 Å². The van der Waals surface area contributed by atoms with Crippen molar-refractivity contribution >= 4 is 44.7 Å². The summed E-state index contributed by atoms with van der Waals surface area (Å²) in [6.07, 6.45) is 1.82. The third kappa shape index (κ3) is 3.92. The number of thiazole rings is 1. The molecule has 5 nitrogen and oxygen atoms in total. The molecule has 3 aromatic rings. The fraction of sp³-hybridized carbons (Fsp3) is 0.318. The van der Waals surface area contributed by atoms with Gasteiger partial charge in [0.1, 0.15) is 0 Å². The summed E-state index contributed by atoms with van der Waals surface area (Å²) in [6.45, 7) is 6.26. The van der Waals surface area contributed by atoms with E-state index in [1.54, 1.807) is 0 Å². The highest BCUT2D eigenvalue weighted by Gasteiger charge is 2.30. The highest BCUT2D eigenvalue weighted by Crippen LogP contribution is 2.32. The van der Waals surface area contributed by atoms with Crippen LogP contribution < -0.4 is 10.6 Å². The zero-order chi connectivity index (χ0) is 19.9. The van der Waals surface area contributed by atoms with Gasteiger partial charge in [-0.3, -0.25) is 14.9 Å². The Morgan fingerprint density at radius 1 is 1.07 bits per heavy atom. The molecule has 4 rings (SSSR count). The van der Waals surface area contributed by atoms with E-state index in [9.17, 15) is 9.59 Å². The molecule has 1 aromatic heterocycles. The molecule has 2 amide bonds. The van der Waals surface area contributed by atoms with Crippen molar-refractivity contribution in [1.29, 1.82) is 0 Å². The molecule has 0 spiro atoms. The number of hydrogen-bond acceptors (Lipinski definition) is 4. The zero-order valence-corrected chi connectivity index (χ0v) is 17.0. The van der Waals surface area contributed by atoms with Crippen LogP contribution in [0.15, 0.2) is 41.8 Å². The summed E-state index contributed by atoms with van der Waals surface area (Å²) in [7, 11) is 0. The first kappa shape index (κ1) is 18.6. The number of nitrogens with zero attached hydrogens (tertiary/aromatic N) is 1. The van der Waals surface area contributed by atoms with E-state index in [1.807, 2.05) is 41.8 Å². The van der Waals surface area contributed by atoms with Crippen molar-refractivity contribution in [2.45, 2.75) is 39.0 Å². The van der Waals surface area contributed by atoms with Crippen LogP contribution in [0.2, 0.25) is 0 Å². The molecule has 0 aliphatic heterocycles. The van der Waals surface area contributed by atoms with Crippen molar-refractivity contribution < 1.29 is 9.59 Å². The number of rotatable bonds is 4. The Morgan fingerprint density at radius 2 is 1.75 bits per heavy atom. The third-order valence-electron chi connectivity index (χ3n) is 4.83. The van der Waals surface area contributed by atoms with Crippen LogP contribution in [-0.2, 0) is 10.2 Å². The molecule has 2 N–H and O–H groups in total. The number of carbonyl (C=O) groups is 2. The summed E-state index contributed by atoms with van der Waals surface area (Å²) < 4.78 is 0. The van der Waals surface area contributed by atoms with E-state index in [2.05, 4.69) is 36.4 Å². The SMILES string of the molecule is CC(C)(C)c1csc(NC(=O)c2cc3ccccc3cc2NC(=O)C2CC2)n1. The summed E-state index contributed by atoms with van der Waals surface area (Å²) in [5.74, 6) is -0.226. The van der Waals surface area contributed by atoms with Crippen LogP contribution >= 0.6 is 11.3 Å². The van der Waals surface area contributed by atoms with Crippen LogP contribution in [0.3, 0.4) is 0 Å². The predicted octanol–water partition coefficient (Wildman–Crippen LogP) is 5.19. The first-order chi connectivity index (χ1) is 13.3. The number of anilines is 2. The van der Waals surface area contributed by atoms with E-state index >= 15 is 0 Å². The maximum Gasteiger partial charge on any atom is 0.259 e. The number of nitrogens with one attached hydrogen (secondary N) is 2. The standard InChI is InChI=1S/C22H23N3O2S/c1-22(2,3)18-12-28-21(24-18)25-20(27)16-10-14-6-4-5-7-15(14)11-17(16)23-19(26)13-8-9-13/h4-7,10-13H,8-9H2,1-3H3,(H,23,26)(H,24,25,27). The second-order valence-corrected chi connectivity index (χ2v) is 9.11. The van der Waals surface area contributed by atoms with Crippen molar-refractivity contribution in [3.63, 3.8) is 0 Å². The molecule has 0 radical (unpaired) electrons. The van der Waals surface area contributed by atoms with Gasteiger partial charge < -0.3 is 5.32 Å². The number of aromatic nitrogens is 1. The van der Waals surface area contributed by atoms with Crippen molar-refractivity contribution in [2.24, 2.45) is 5.92 Å². The van der Waals surface area contributed by atoms with E-state index in [4.69, 9.17) is 0 Å². The van der Waals surface area contributed by atoms with Crippen molar-refractivity contribution in [3.8, 4) is 0 Å². The first-order valence-corrected chi connectivity index (χ1v) is 10.3. The second-order valence-electron chi connectivity index (χ2n) is 8.25. The minimum absolute atomic E-state index is 0.0198. The van der Waals surface area contributed by atoms with Crippen molar-refractivity contribution in [1.82, 2.24) is 4.98 Å². The fourth-order valence-corrected chi connectivity index (χ4v) is 3.88. The normalized spacial score (nSPS) is 14.1. The summed E-state index contributed by atoms with van der Waals surface area (Å²) in [4.78, 5) is 29.9. The molecule has 28 heavy (non-hydrogen) atoms. The van der Waals surface area contributed by atoms with E-state index in [0.717, 1.165) is 29.3 Å². The average molecular weight is 394 g/mol. The Hall–Kier alpha value is -2.73. The minimum atomic E-state index is -0.272. The number of hydrogen-bond donors (Lipinski definition) is 2. The quantitative estimate of drug-likeness (QED) is 0.640. The number of carbonyl (C=O) groups excluding carboxylic acids is 2. The highest BCUT2D eigenvalue weighted by molar-refractivity contribution is 7.14. The average Bonchev–Trinajstić information content (AvgIpc) is 3.39. The molecule has 1 aliphatic rings. The van der Waals surface area contributed by atoms with E-state index in [0.29, 0.717) is 16.4 Å². The molecule has 1 aliphatic carbocycles. The molecular weight excluding hydrogens is 370 g/mol. The number of benzene rings is 2. The Kier molecular flexibility index (Phi) is 4.67. The number of amides is 2. The lowest BCUT2D eigenvalue weighted by molar-refractivity contribution is -0.117. The van der Waals surface area contributed by atoms with E-state index in [-0.39, 0.29) is 23.1 Å².